The van der Waals surface area contributed by atoms with E-state index in [1.165, 1.54) is 0 Å². The third-order valence-electron chi connectivity index (χ3n) is 2.84. The van der Waals surface area contributed by atoms with E-state index in [9.17, 15) is 9.59 Å². The molecule has 1 heterocycles. The molecule has 7 nitrogen and oxygen atoms in total. The number of amides is 1. The first-order valence-electron chi connectivity index (χ1n) is 6.13. The third-order valence-corrected chi connectivity index (χ3v) is 2.84. The van der Waals surface area contributed by atoms with Gasteiger partial charge in [0.15, 0.2) is 5.66 Å². The van der Waals surface area contributed by atoms with Gasteiger partial charge < -0.3 is 15.2 Å². The van der Waals surface area contributed by atoms with Crippen LogP contribution in [-0.4, -0.2) is 28.9 Å². The van der Waals surface area contributed by atoms with Crippen molar-refractivity contribution in [1.82, 2.24) is 5.32 Å². The van der Waals surface area contributed by atoms with Crippen LogP contribution in [-0.2, 0) is 16.1 Å². The largest absolute Gasteiger partial charge is 0.480 e. The summed E-state index contributed by atoms with van der Waals surface area (Å²) >= 11 is 0. The molecule has 0 bridgehead atoms. The van der Waals surface area contributed by atoms with Crippen LogP contribution in [0.4, 0.5) is 4.79 Å². The predicted molar refractivity (Wildman–Crippen MR) is 69.1 cm³/mol. The summed E-state index contributed by atoms with van der Waals surface area (Å²) in [6, 6.07) is 8.06. The number of hydrogen-bond donors (Lipinski definition) is 2. The van der Waals surface area contributed by atoms with Crippen LogP contribution in [0.25, 0.3) is 0 Å². The average molecular weight is 277 g/mol. The number of hydrogen-bond acceptors (Lipinski definition) is 5. The van der Waals surface area contributed by atoms with Crippen molar-refractivity contribution >= 4 is 12.1 Å². The van der Waals surface area contributed by atoms with Gasteiger partial charge in [-0.1, -0.05) is 30.3 Å². The molecule has 1 amide bonds. The normalized spacial score (nSPS) is 16.2. The Morgan fingerprint density at radius 1 is 1.35 bits per heavy atom. The van der Waals surface area contributed by atoms with E-state index in [0.29, 0.717) is 0 Å². The lowest BCUT2D eigenvalue weighted by atomic mass is 10.1. The van der Waals surface area contributed by atoms with Gasteiger partial charge in [0.2, 0.25) is 0 Å². The number of nitrogens with one attached hydrogen (secondary N) is 1. The lowest BCUT2D eigenvalue weighted by molar-refractivity contribution is -0.139. The van der Waals surface area contributed by atoms with E-state index in [1.807, 2.05) is 30.3 Å². The molecule has 20 heavy (non-hydrogen) atoms. The molecule has 0 saturated heterocycles. The summed E-state index contributed by atoms with van der Waals surface area (Å²) in [6.45, 7) is 1.78. The van der Waals surface area contributed by atoms with Crippen molar-refractivity contribution in [1.29, 1.82) is 0 Å². The smallest absolute Gasteiger partial charge is 0.408 e. The first-order chi connectivity index (χ1) is 9.48. The number of carboxylic acids is 1. The first-order valence-corrected chi connectivity index (χ1v) is 6.13. The second-order valence-corrected chi connectivity index (χ2v) is 4.72. The van der Waals surface area contributed by atoms with Crippen molar-refractivity contribution < 1.29 is 19.4 Å². The Morgan fingerprint density at radius 3 is 2.55 bits per heavy atom. The molecular weight excluding hydrogens is 262 g/mol. The Labute approximate surface area is 115 Å². The van der Waals surface area contributed by atoms with E-state index in [0.717, 1.165) is 5.56 Å². The molecule has 1 aromatic carbocycles. The fourth-order valence-electron chi connectivity index (χ4n) is 1.66. The van der Waals surface area contributed by atoms with Gasteiger partial charge in [-0.3, -0.25) is 0 Å². The highest BCUT2D eigenvalue weighted by atomic mass is 16.5. The minimum atomic E-state index is -1.14. The van der Waals surface area contributed by atoms with E-state index >= 15 is 0 Å². The van der Waals surface area contributed by atoms with E-state index < -0.39 is 23.8 Å². The monoisotopic (exact) mass is 277 g/mol. The Kier molecular flexibility index (Phi) is 3.97. The summed E-state index contributed by atoms with van der Waals surface area (Å²) in [5.74, 6) is -1.14. The summed E-state index contributed by atoms with van der Waals surface area (Å²) in [4.78, 5) is 22.6. The minimum absolute atomic E-state index is 0.0883. The fourth-order valence-corrected chi connectivity index (χ4v) is 1.66. The van der Waals surface area contributed by atoms with Crippen molar-refractivity contribution in [3.05, 3.63) is 35.9 Å². The molecular formula is C13H15N3O4. The maximum Gasteiger partial charge on any atom is 0.408 e. The maximum absolute atomic E-state index is 11.6. The predicted octanol–water partition coefficient (Wildman–Crippen LogP) is 1.94. The minimum Gasteiger partial charge on any atom is -0.480 e. The van der Waals surface area contributed by atoms with Crippen LogP contribution in [0.3, 0.4) is 0 Å². The van der Waals surface area contributed by atoms with Crippen molar-refractivity contribution in [2.75, 3.05) is 0 Å². The number of ether oxygens (including phenoxy) is 1. The van der Waals surface area contributed by atoms with Crippen molar-refractivity contribution in [2.24, 2.45) is 10.2 Å². The maximum atomic E-state index is 11.6. The molecule has 0 unspecified atom stereocenters. The standard InChI is InChI=1S/C13H15N3O4/c1-13(15-16-13)7-10(11(17)18)14-12(19)20-8-9-5-3-2-4-6-9/h2-6,10H,7-8H2,1H3,(H,14,19)(H,17,18)/t10-/m1/s1. The van der Waals surface area contributed by atoms with E-state index in [4.69, 9.17) is 9.84 Å². The number of benzene rings is 1. The third kappa shape index (κ3) is 4.04. The van der Waals surface area contributed by atoms with E-state index in [-0.39, 0.29) is 13.0 Å². The molecule has 1 aliphatic heterocycles. The second kappa shape index (κ2) is 5.68. The topological polar surface area (TPSA) is 100 Å². The zero-order valence-corrected chi connectivity index (χ0v) is 10.9. The number of aliphatic carboxylic acids is 1. The molecule has 1 atom stereocenters. The Balaban J connectivity index is 1.81. The molecule has 0 fully saturated rings. The Morgan fingerprint density at radius 2 is 2.00 bits per heavy atom. The number of carbonyl (C=O) groups is 2. The molecule has 2 N–H and O–H groups in total. The molecule has 0 saturated carbocycles. The molecule has 1 aliphatic rings. The van der Waals surface area contributed by atoms with Crippen molar-refractivity contribution in [3.8, 4) is 0 Å². The number of nitrogens with zero attached hydrogens (tertiary/aromatic N) is 2. The van der Waals surface area contributed by atoms with Crippen LogP contribution in [0.1, 0.15) is 18.9 Å². The number of carboxylic acid groups (broad SMARTS) is 1. The van der Waals surface area contributed by atoms with Crippen LogP contribution in [0.2, 0.25) is 0 Å². The Bertz CT molecular complexity index is 524. The van der Waals surface area contributed by atoms with Crippen LogP contribution >= 0.6 is 0 Å². The highest BCUT2D eigenvalue weighted by Crippen LogP contribution is 2.32. The summed E-state index contributed by atoms with van der Waals surface area (Å²) < 4.78 is 4.97. The molecule has 0 aromatic heterocycles. The highest BCUT2D eigenvalue weighted by molar-refractivity contribution is 5.80. The Hall–Kier alpha value is -2.44. The van der Waals surface area contributed by atoms with Gasteiger partial charge in [0.25, 0.3) is 0 Å². The zero-order chi connectivity index (χ0) is 14.6. The van der Waals surface area contributed by atoms with Crippen LogP contribution in [0.15, 0.2) is 40.6 Å². The number of rotatable bonds is 6. The lowest BCUT2D eigenvalue weighted by Gasteiger charge is -2.15. The van der Waals surface area contributed by atoms with Gasteiger partial charge in [0, 0.05) is 6.42 Å². The number of alkyl carbamates (subject to hydrolysis) is 1. The summed E-state index contributed by atoms with van der Waals surface area (Å²) in [5, 5.41) is 18.8. The molecule has 106 valence electrons. The van der Waals surface area contributed by atoms with Crippen LogP contribution in [0.5, 0.6) is 0 Å². The van der Waals surface area contributed by atoms with Gasteiger partial charge in [0.1, 0.15) is 12.6 Å². The lowest BCUT2D eigenvalue weighted by Crippen LogP contribution is -2.43. The molecule has 0 radical (unpaired) electrons. The fraction of sp³-hybridized carbons (Fsp3) is 0.385. The van der Waals surface area contributed by atoms with Gasteiger partial charge in [-0.25, -0.2) is 9.59 Å². The van der Waals surface area contributed by atoms with Crippen molar-refractivity contribution in [3.63, 3.8) is 0 Å². The van der Waals surface area contributed by atoms with Gasteiger partial charge in [0.05, 0.1) is 0 Å². The molecule has 2 rings (SSSR count). The second-order valence-electron chi connectivity index (χ2n) is 4.72. The average Bonchev–Trinajstić information content (AvgIpc) is 3.14. The van der Waals surface area contributed by atoms with Gasteiger partial charge in [-0.05, 0) is 12.5 Å². The van der Waals surface area contributed by atoms with Crippen LogP contribution in [0, 0.1) is 0 Å². The van der Waals surface area contributed by atoms with E-state index in [1.54, 1.807) is 6.92 Å². The summed E-state index contributed by atoms with van der Waals surface area (Å²) in [7, 11) is 0. The quantitative estimate of drug-likeness (QED) is 0.829. The highest BCUT2D eigenvalue weighted by Gasteiger charge is 2.39. The molecule has 7 heteroatoms. The van der Waals surface area contributed by atoms with E-state index in [2.05, 4.69) is 15.5 Å². The van der Waals surface area contributed by atoms with Gasteiger partial charge >= 0.3 is 12.1 Å². The summed E-state index contributed by atoms with van der Waals surface area (Å²) in [5.41, 5.74) is 0.129. The molecule has 1 aromatic rings. The molecule has 0 spiro atoms. The van der Waals surface area contributed by atoms with Gasteiger partial charge in [-0.15, -0.1) is 0 Å². The SMILES string of the molecule is CC1(C[C@@H](NC(=O)OCc2ccccc2)C(=O)O)N=N1. The zero-order valence-electron chi connectivity index (χ0n) is 10.9. The van der Waals surface area contributed by atoms with Gasteiger partial charge in [-0.2, -0.15) is 10.2 Å². The number of carbonyl (C=O) groups excluding carboxylic acids is 1. The van der Waals surface area contributed by atoms with Crippen molar-refractivity contribution in [2.45, 2.75) is 31.7 Å². The molecule has 0 aliphatic carbocycles. The summed E-state index contributed by atoms with van der Waals surface area (Å²) in [6.07, 6.45) is -0.659. The van der Waals surface area contributed by atoms with Crippen LogP contribution < -0.4 is 5.32 Å². The first kappa shape index (κ1) is 14.0.